The highest BCUT2D eigenvalue weighted by Gasteiger charge is 2.24. The van der Waals surface area contributed by atoms with Crippen LogP contribution < -0.4 is 9.47 Å². The van der Waals surface area contributed by atoms with Gasteiger partial charge in [-0.1, -0.05) is 12.1 Å². The second kappa shape index (κ2) is 8.36. The summed E-state index contributed by atoms with van der Waals surface area (Å²) in [5.41, 5.74) is 2.27. The lowest BCUT2D eigenvalue weighted by Gasteiger charge is -2.27. The predicted octanol–water partition coefficient (Wildman–Crippen LogP) is 2.77. The number of benzene rings is 1. The molecule has 1 aliphatic heterocycles. The minimum Gasteiger partial charge on any atom is -0.486 e. The summed E-state index contributed by atoms with van der Waals surface area (Å²) in [6, 6.07) is 9.34. The van der Waals surface area contributed by atoms with E-state index in [1.54, 1.807) is 6.07 Å². The summed E-state index contributed by atoms with van der Waals surface area (Å²) in [4.78, 5) is 32.3. The number of hydrogen-bond donors (Lipinski definition) is 0. The topological polar surface area (TPSA) is 92.5 Å². The fraction of sp³-hybridized carbons (Fsp3) is 0.273. The molecule has 0 aliphatic carbocycles. The van der Waals surface area contributed by atoms with Crippen molar-refractivity contribution in [2.45, 2.75) is 26.5 Å². The molecule has 3 heterocycles. The normalized spacial score (nSPS) is 14.9. The van der Waals surface area contributed by atoms with E-state index in [0.717, 1.165) is 17.1 Å². The van der Waals surface area contributed by atoms with Gasteiger partial charge in [0.25, 0.3) is 0 Å². The number of aromatic nitrogens is 3. The van der Waals surface area contributed by atoms with Crippen LogP contribution in [-0.2, 0) is 11.3 Å². The van der Waals surface area contributed by atoms with Crippen molar-refractivity contribution < 1.29 is 23.8 Å². The largest absolute Gasteiger partial charge is 0.486 e. The zero-order valence-electron chi connectivity index (χ0n) is 16.7. The van der Waals surface area contributed by atoms with Crippen molar-refractivity contribution in [2.75, 3.05) is 13.2 Å². The molecule has 0 saturated carbocycles. The molecule has 30 heavy (non-hydrogen) atoms. The lowest BCUT2D eigenvalue weighted by molar-refractivity contribution is 0.0468. The van der Waals surface area contributed by atoms with E-state index < -0.39 is 5.97 Å². The minimum absolute atomic E-state index is 0.0606. The van der Waals surface area contributed by atoms with E-state index in [9.17, 15) is 9.59 Å². The Hall–Kier alpha value is -3.68. The van der Waals surface area contributed by atoms with Crippen LogP contribution in [-0.4, -0.2) is 45.6 Å². The summed E-state index contributed by atoms with van der Waals surface area (Å²) in [6.07, 6.45) is 3.96. The van der Waals surface area contributed by atoms with E-state index in [0.29, 0.717) is 24.5 Å². The first-order chi connectivity index (χ1) is 14.5. The number of ether oxygens (including phenoxy) is 3. The van der Waals surface area contributed by atoms with E-state index in [1.165, 1.54) is 18.6 Å². The Labute approximate surface area is 173 Å². The van der Waals surface area contributed by atoms with Crippen molar-refractivity contribution in [3.8, 4) is 11.5 Å². The van der Waals surface area contributed by atoms with Crippen molar-refractivity contribution in [2.24, 2.45) is 0 Å². The van der Waals surface area contributed by atoms with Crippen LogP contribution in [0.1, 0.15) is 32.2 Å². The molecule has 2 aromatic heterocycles. The molecule has 8 nitrogen and oxygen atoms in total. The molecule has 0 bridgehead atoms. The van der Waals surface area contributed by atoms with Gasteiger partial charge in [0.05, 0.1) is 12.7 Å². The summed E-state index contributed by atoms with van der Waals surface area (Å²) >= 11 is 0. The minimum atomic E-state index is -0.684. The van der Waals surface area contributed by atoms with E-state index in [-0.39, 0.29) is 24.2 Å². The molecule has 0 spiro atoms. The fourth-order valence-corrected chi connectivity index (χ4v) is 3.41. The first-order valence-corrected chi connectivity index (χ1v) is 9.54. The second-order valence-electron chi connectivity index (χ2n) is 6.98. The van der Waals surface area contributed by atoms with Crippen molar-refractivity contribution >= 4 is 11.8 Å². The van der Waals surface area contributed by atoms with Crippen LogP contribution in [0.2, 0.25) is 0 Å². The summed E-state index contributed by atoms with van der Waals surface area (Å²) < 4.78 is 18.9. The summed E-state index contributed by atoms with van der Waals surface area (Å²) in [5.74, 6) is 0.480. The summed E-state index contributed by atoms with van der Waals surface area (Å²) in [6.45, 7) is 4.39. The molecule has 0 N–H and O–H groups in total. The first kappa shape index (κ1) is 19.6. The van der Waals surface area contributed by atoms with Crippen LogP contribution in [0.5, 0.6) is 11.5 Å². The Bertz CT molecular complexity index is 1080. The van der Waals surface area contributed by atoms with Crippen LogP contribution in [0.25, 0.3) is 0 Å². The first-order valence-electron chi connectivity index (χ1n) is 9.54. The Morgan fingerprint density at radius 1 is 1.20 bits per heavy atom. The Balaban J connectivity index is 1.42. The molecule has 154 valence electrons. The number of carbonyl (C=O) groups excluding carboxylic acids is 2. The molecule has 4 rings (SSSR count). The van der Waals surface area contributed by atoms with Gasteiger partial charge < -0.3 is 18.8 Å². The average molecular weight is 407 g/mol. The number of ketones is 1. The zero-order chi connectivity index (χ0) is 21.1. The molecular formula is C22H21N3O5. The third-order valence-corrected chi connectivity index (χ3v) is 4.93. The Morgan fingerprint density at radius 2 is 2.00 bits per heavy atom. The Kier molecular flexibility index (Phi) is 5.47. The van der Waals surface area contributed by atoms with Gasteiger partial charge in [0.2, 0.25) is 5.78 Å². The number of Topliss-reactive ketones (excluding diaryl/α,β-unsaturated/α-hetero) is 1. The molecule has 8 heteroatoms. The highest BCUT2D eigenvalue weighted by atomic mass is 16.6. The van der Waals surface area contributed by atoms with Crippen LogP contribution in [0.4, 0.5) is 0 Å². The molecule has 0 amide bonds. The lowest BCUT2D eigenvalue weighted by atomic mass is 10.1. The summed E-state index contributed by atoms with van der Waals surface area (Å²) in [7, 11) is 0. The van der Waals surface area contributed by atoms with Gasteiger partial charge in [0.1, 0.15) is 6.61 Å². The second-order valence-corrected chi connectivity index (χ2v) is 6.98. The highest BCUT2D eigenvalue weighted by Crippen LogP contribution is 2.31. The van der Waals surface area contributed by atoms with Crippen molar-refractivity contribution in [3.63, 3.8) is 0 Å². The number of carbonyl (C=O) groups is 2. The number of aryl methyl sites for hydroxylation is 1. The maximum absolute atomic E-state index is 12.6. The SMILES string of the molecule is Cc1cc(C(=O)COC(=O)c2cnccn2)c(C)n1CC1COc2ccccc2O1. The molecule has 0 fully saturated rings. The zero-order valence-corrected chi connectivity index (χ0v) is 16.7. The van der Waals surface area contributed by atoms with Gasteiger partial charge in [-0.25, -0.2) is 9.78 Å². The van der Waals surface area contributed by atoms with Gasteiger partial charge >= 0.3 is 5.97 Å². The van der Waals surface area contributed by atoms with Gasteiger partial charge in [0.15, 0.2) is 29.9 Å². The van der Waals surface area contributed by atoms with E-state index in [1.807, 2.05) is 42.7 Å². The van der Waals surface area contributed by atoms with Gasteiger partial charge in [0, 0.05) is 29.3 Å². The third-order valence-electron chi connectivity index (χ3n) is 4.93. The van der Waals surface area contributed by atoms with E-state index in [4.69, 9.17) is 14.2 Å². The average Bonchev–Trinajstić information content (AvgIpc) is 3.06. The van der Waals surface area contributed by atoms with Gasteiger partial charge in [-0.2, -0.15) is 0 Å². The molecule has 1 aromatic carbocycles. The van der Waals surface area contributed by atoms with Crippen LogP contribution >= 0.6 is 0 Å². The predicted molar refractivity (Wildman–Crippen MR) is 107 cm³/mol. The smallest absolute Gasteiger partial charge is 0.358 e. The number of hydrogen-bond acceptors (Lipinski definition) is 7. The molecule has 1 unspecified atom stereocenters. The third kappa shape index (κ3) is 4.03. The summed E-state index contributed by atoms with van der Waals surface area (Å²) in [5, 5.41) is 0. The van der Waals surface area contributed by atoms with Gasteiger partial charge in [-0.05, 0) is 32.0 Å². The van der Waals surface area contributed by atoms with Crippen LogP contribution in [0, 0.1) is 13.8 Å². The highest BCUT2D eigenvalue weighted by molar-refractivity contribution is 6.00. The maximum Gasteiger partial charge on any atom is 0.358 e. The molecule has 1 aliphatic rings. The molecule has 1 atom stereocenters. The Morgan fingerprint density at radius 3 is 2.77 bits per heavy atom. The monoisotopic (exact) mass is 407 g/mol. The number of fused-ring (bicyclic) bond motifs is 1. The number of rotatable bonds is 6. The van der Waals surface area contributed by atoms with Crippen LogP contribution in [0.15, 0.2) is 48.9 Å². The molecule has 3 aromatic rings. The molecule has 0 saturated heterocycles. The maximum atomic E-state index is 12.6. The quantitative estimate of drug-likeness (QED) is 0.458. The van der Waals surface area contributed by atoms with E-state index in [2.05, 4.69) is 9.97 Å². The van der Waals surface area contributed by atoms with Gasteiger partial charge in [-0.3, -0.25) is 9.78 Å². The van der Waals surface area contributed by atoms with Crippen molar-refractivity contribution in [3.05, 3.63) is 71.6 Å². The van der Waals surface area contributed by atoms with E-state index >= 15 is 0 Å². The van der Waals surface area contributed by atoms with Gasteiger partial charge in [-0.15, -0.1) is 0 Å². The lowest BCUT2D eigenvalue weighted by Crippen LogP contribution is -2.33. The number of para-hydroxylation sites is 2. The standard InChI is InChI=1S/C22H21N3O5/c1-14-9-17(19(26)13-29-22(27)18-10-23-7-8-24-18)15(2)25(14)11-16-12-28-20-5-3-4-6-21(20)30-16/h3-10,16H,11-13H2,1-2H3. The molecular weight excluding hydrogens is 386 g/mol. The molecule has 0 radical (unpaired) electrons. The number of esters is 1. The van der Waals surface area contributed by atoms with Crippen LogP contribution in [0.3, 0.4) is 0 Å². The fourth-order valence-electron chi connectivity index (χ4n) is 3.41. The van der Waals surface area contributed by atoms with Crippen molar-refractivity contribution in [1.29, 1.82) is 0 Å². The number of nitrogens with zero attached hydrogens (tertiary/aromatic N) is 3. The van der Waals surface area contributed by atoms with Crippen molar-refractivity contribution in [1.82, 2.24) is 14.5 Å².